The second-order valence-electron chi connectivity index (χ2n) is 9.20. The lowest BCUT2D eigenvalue weighted by Gasteiger charge is -2.42. The van der Waals surface area contributed by atoms with Gasteiger partial charge in [-0.1, -0.05) is 12.6 Å². The maximum Gasteiger partial charge on any atom is 0.256 e. The van der Waals surface area contributed by atoms with Crippen LogP contribution in [0.3, 0.4) is 0 Å². The summed E-state index contributed by atoms with van der Waals surface area (Å²) in [6.45, 7) is 4.50. The van der Waals surface area contributed by atoms with Crippen LogP contribution in [0.1, 0.15) is 22.3 Å². The first-order valence-electron chi connectivity index (χ1n) is 11.8. The molecule has 2 aromatic heterocycles. The van der Waals surface area contributed by atoms with Crippen molar-refractivity contribution in [3.63, 3.8) is 0 Å². The number of rotatable bonds is 2. The van der Waals surface area contributed by atoms with Crippen LogP contribution in [-0.2, 0) is 11.3 Å². The third-order valence-corrected chi connectivity index (χ3v) is 8.29. The first-order valence-corrected chi connectivity index (χ1v) is 12.6. The zero-order valence-corrected chi connectivity index (χ0v) is 20.6. The predicted octanol–water partition coefficient (Wildman–Crippen LogP) is 4.03. The number of nitriles is 1. The molecule has 38 heavy (non-hydrogen) atoms. The van der Waals surface area contributed by atoms with Gasteiger partial charge in [0, 0.05) is 37.1 Å². The van der Waals surface area contributed by atoms with E-state index in [4.69, 9.17) is 5.73 Å². The summed E-state index contributed by atoms with van der Waals surface area (Å²) in [6, 6.07) is 4.99. The van der Waals surface area contributed by atoms with Gasteiger partial charge in [-0.05, 0) is 30.2 Å². The number of amides is 2. The highest BCUT2D eigenvalue weighted by Crippen LogP contribution is 2.45. The highest BCUT2D eigenvalue weighted by atomic mass is 32.1. The molecule has 1 fully saturated rings. The molecule has 0 spiro atoms. The van der Waals surface area contributed by atoms with E-state index >= 15 is 8.78 Å². The average molecular weight is 537 g/mol. The Hall–Kier alpha value is -4.37. The highest BCUT2D eigenvalue weighted by molar-refractivity contribution is 7.23. The van der Waals surface area contributed by atoms with Gasteiger partial charge in [-0.25, -0.2) is 8.78 Å². The van der Waals surface area contributed by atoms with Gasteiger partial charge in [-0.3, -0.25) is 14.3 Å². The fourth-order valence-electron chi connectivity index (χ4n) is 5.54. The molecule has 2 aromatic carbocycles. The minimum absolute atomic E-state index is 0.0316. The SMILES string of the molecule is C=CC(=O)N1CCN2C(=O)c3cc(F)c(-c4ccc(F)c5sc(N)c(C#N)c45)c4c(F)nn(c34)CCC2C1. The lowest BCUT2D eigenvalue weighted by Crippen LogP contribution is -2.57. The van der Waals surface area contributed by atoms with E-state index in [9.17, 15) is 19.2 Å². The lowest BCUT2D eigenvalue weighted by atomic mass is 9.93. The molecule has 6 rings (SSSR count). The molecular formula is C26H19F3N6O2S. The van der Waals surface area contributed by atoms with E-state index in [1.807, 2.05) is 6.07 Å². The minimum atomic E-state index is -0.994. The quantitative estimate of drug-likeness (QED) is 0.389. The Kier molecular flexibility index (Phi) is 5.43. The molecule has 2 N–H and O–H groups in total. The van der Waals surface area contributed by atoms with Gasteiger partial charge in [0.2, 0.25) is 11.9 Å². The van der Waals surface area contributed by atoms with Crippen LogP contribution in [-0.4, -0.2) is 57.1 Å². The lowest BCUT2D eigenvalue weighted by molar-refractivity contribution is -0.128. The summed E-state index contributed by atoms with van der Waals surface area (Å²) in [4.78, 5) is 29.0. The van der Waals surface area contributed by atoms with Crippen molar-refractivity contribution in [1.82, 2.24) is 19.6 Å². The average Bonchev–Trinajstić information content (AvgIpc) is 3.42. The van der Waals surface area contributed by atoms with Crippen molar-refractivity contribution in [1.29, 1.82) is 5.26 Å². The van der Waals surface area contributed by atoms with Gasteiger partial charge in [0.05, 0.1) is 32.8 Å². The summed E-state index contributed by atoms with van der Waals surface area (Å²) >= 11 is 0.849. The molecule has 2 amide bonds. The minimum Gasteiger partial charge on any atom is -0.389 e. The largest absolute Gasteiger partial charge is 0.389 e. The number of fused-ring (bicyclic) bond motifs is 2. The predicted molar refractivity (Wildman–Crippen MR) is 136 cm³/mol. The first-order chi connectivity index (χ1) is 18.2. The normalized spacial score (nSPS) is 17.3. The van der Waals surface area contributed by atoms with Gasteiger partial charge >= 0.3 is 0 Å². The van der Waals surface area contributed by atoms with Crippen LogP contribution in [0.5, 0.6) is 0 Å². The zero-order chi connectivity index (χ0) is 26.9. The van der Waals surface area contributed by atoms with Gasteiger partial charge in [0.1, 0.15) is 22.7 Å². The van der Waals surface area contributed by atoms with E-state index in [1.165, 1.54) is 16.8 Å². The molecule has 1 unspecified atom stereocenters. The molecule has 2 aliphatic rings. The van der Waals surface area contributed by atoms with Crippen molar-refractivity contribution >= 4 is 49.1 Å². The molecule has 4 aromatic rings. The third-order valence-electron chi connectivity index (χ3n) is 7.26. The van der Waals surface area contributed by atoms with Gasteiger partial charge in [-0.2, -0.15) is 9.65 Å². The zero-order valence-electron chi connectivity index (χ0n) is 19.8. The molecule has 192 valence electrons. The van der Waals surface area contributed by atoms with E-state index in [-0.39, 0.29) is 86.4 Å². The first kappa shape index (κ1) is 24.0. The maximum atomic E-state index is 15.9. The maximum absolute atomic E-state index is 15.9. The van der Waals surface area contributed by atoms with Gasteiger partial charge in [-0.15, -0.1) is 16.4 Å². The van der Waals surface area contributed by atoms with Gasteiger partial charge in [0.25, 0.3) is 5.91 Å². The number of nitrogens with zero attached hydrogens (tertiary/aromatic N) is 5. The Bertz CT molecular complexity index is 1750. The second-order valence-corrected chi connectivity index (χ2v) is 10.3. The Morgan fingerprint density at radius 2 is 1.97 bits per heavy atom. The highest BCUT2D eigenvalue weighted by Gasteiger charge is 2.37. The van der Waals surface area contributed by atoms with Crippen LogP contribution in [0.15, 0.2) is 30.9 Å². The second kappa shape index (κ2) is 8.59. The molecule has 0 bridgehead atoms. The van der Waals surface area contributed by atoms with Crippen molar-refractivity contribution in [2.24, 2.45) is 0 Å². The molecule has 0 saturated carbocycles. The van der Waals surface area contributed by atoms with Crippen LogP contribution in [0, 0.1) is 28.9 Å². The number of piperazine rings is 1. The number of nitrogen functional groups attached to an aromatic ring is 1. The Morgan fingerprint density at radius 1 is 1.18 bits per heavy atom. The van der Waals surface area contributed by atoms with E-state index in [2.05, 4.69) is 11.7 Å². The number of carbonyl (C=O) groups is 2. The standard InChI is InChI=1S/C26H19F3N6O2S/c1-2-18(36)33-7-8-34-12(11-33)5-6-35-22-14(26(34)37)9-17(28)20(21(22)24(29)32-35)13-3-4-16(27)23-19(13)15(10-30)25(31)38-23/h2-4,9,12H,1,5-8,11,31H2. The Labute approximate surface area is 217 Å². The molecule has 12 heteroatoms. The summed E-state index contributed by atoms with van der Waals surface area (Å²) < 4.78 is 47.5. The fraction of sp³-hybridized carbons (Fsp3) is 0.231. The van der Waals surface area contributed by atoms with Crippen LogP contribution in [0.4, 0.5) is 18.2 Å². The van der Waals surface area contributed by atoms with Crippen molar-refractivity contribution in [3.05, 3.63) is 59.6 Å². The Morgan fingerprint density at radius 3 is 2.71 bits per heavy atom. The number of anilines is 1. The molecule has 2 aliphatic heterocycles. The van der Waals surface area contributed by atoms with E-state index in [0.29, 0.717) is 6.42 Å². The van der Waals surface area contributed by atoms with Crippen LogP contribution in [0.2, 0.25) is 0 Å². The summed E-state index contributed by atoms with van der Waals surface area (Å²) in [5.41, 5.74) is 5.82. The summed E-state index contributed by atoms with van der Waals surface area (Å²) in [5, 5.41) is 13.6. The van der Waals surface area contributed by atoms with E-state index in [1.54, 1.807) is 9.80 Å². The van der Waals surface area contributed by atoms with Crippen molar-refractivity contribution in [3.8, 4) is 17.2 Å². The number of hydrogen-bond donors (Lipinski definition) is 1. The number of aryl methyl sites for hydroxylation is 1. The molecule has 1 atom stereocenters. The number of benzene rings is 2. The van der Waals surface area contributed by atoms with E-state index in [0.717, 1.165) is 23.5 Å². The van der Waals surface area contributed by atoms with E-state index < -0.39 is 23.5 Å². The molecule has 0 radical (unpaired) electrons. The number of thiophene rings is 1. The molecule has 8 nitrogen and oxygen atoms in total. The van der Waals surface area contributed by atoms with Gasteiger partial charge in [0.15, 0.2) is 0 Å². The number of nitrogens with two attached hydrogens (primary N) is 1. The number of aromatic nitrogens is 2. The van der Waals surface area contributed by atoms with Gasteiger partial charge < -0.3 is 15.5 Å². The van der Waals surface area contributed by atoms with Crippen LogP contribution in [0.25, 0.3) is 32.1 Å². The van der Waals surface area contributed by atoms with Crippen molar-refractivity contribution < 1.29 is 22.8 Å². The summed E-state index contributed by atoms with van der Waals surface area (Å²) in [7, 11) is 0. The number of carbonyl (C=O) groups excluding carboxylic acids is 2. The van der Waals surface area contributed by atoms with Crippen molar-refractivity contribution in [2.75, 3.05) is 25.4 Å². The van der Waals surface area contributed by atoms with Crippen LogP contribution >= 0.6 is 11.3 Å². The molecule has 1 saturated heterocycles. The smallest absolute Gasteiger partial charge is 0.256 e. The molecule has 4 heterocycles. The third kappa shape index (κ3) is 3.31. The fourth-order valence-corrected chi connectivity index (χ4v) is 6.49. The number of hydrogen-bond acceptors (Lipinski definition) is 6. The van der Waals surface area contributed by atoms with Crippen molar-refractivity contribution in [2.45, 2.75) is 19.0 Å². The Balaban J connectivity index is 1.57. The number of halogens is 3. The topological polar surface area (TPSA) is 108 Å². The molecular weight excluding hydrogens is 517 g/mol. The van der Waals surface area contributed by atoms with Crippen LogP contribution < -0.4 is 5.73 Å². The summed E-state index contributed by atoms with van der Waals surface area (Å²) in [6.07, 6.45) is 1.60. The molecule has 0 aliphatic carbocycles. The summed E-state index contributed by atoms with van der Waals surface area (Å²) in [5.74, 6) is -3.31. The monoisotopic (exact) mass is 536 g/mol.